The van der Waals surface area contributed by atoms with Crippen LogP contribution in [-0.4, -0.2) is 5.11 Å². The van der Waals surface area contributed by atoms with Crippen LogP contribution in [0.2, 0.25) is 10.0 Å². The lowest BCUT2D eigenvalue weighted by Crippen LogP contribution is -2.07. The van der Waals surface area contributed by atoms with Gasteiger partial charge in [-0.05, 0) is 36.1 Å². The summed E-state index contributed by atoms with van der Waals surface area (Å²) < 4.78 is 0. The molecule has 1 aromatic carbocycles. The SMILES string of the molecule is CCCCC(CC)CC(O)c1cc(Cl)cc(Cl)c1. The summed E-state index contributed by atoms with van der Waals surface area (Å²) in [4.78, 5) is 0. The van der Waals surface area contributed by atoms with Crippen molar-refractivity contribution in [2.24, 2.45) is 5.92 Å². The molecule has 1 N–H and O–H groups in total. The average Bonchev–Trinajstić information content (AvgIpc) is 2.32. The van der Waals surface area contributed by atoms with Gasteiger partial charge >= 0.3 is 0 Å². The summed E-state index contributed by atoms with van der Waals surface area (Å²) in [7, 11) is 0. The fourth-order valence-electron chi connectivity index (χ4n) is 2.20. The molecule has 1 nitrogen and oxygen atoms in total. The topological polar surface area (TPSA) is 20.2 Å². The van der Waals surface area contributed by atoms with E-state index in [2.05, 4.69) is 13.8 Å². The van der Waals surface area contributed by atoms with Crippen molar-refractivity contribution in [2.45, 2.75) is 52.1 Å². The van der Waals surface area contributed by atoms with Crippen LogP contribution in [0.25, 0.3) is 0 Å². The molecule has 0 aliphatic carbocycles. The van der Waals surface area contributed by atoms with Gasteiger partial charge in [0, 0.05) is 10.0 Å². The van der Waals surface area contributed by atoms with Gasteiger partial charge in [-0.2, -0.15) is 0 Å². The quantitative estimate of drug-likeness (QED) is 0.689. The first kappa shape index (κ1) is 15.8. The third-order valence-corrected chi connectivity index (χ3v) is 3.81. The average molecular weight is 289 g/mol. The lowest BCUT2D eigenvalue weighted by Gasteiger charge is -2.19. The number of halogens is 2. The van der Waals surface area contributed by atoms with Crippen LogP contribution in [0.4, 0.5) is 0 Å². The van der Waals surface area contributed by atoms with E-state index in [0.29, 0.717) is 16.0 Å². The first-order chi connectivity index (χ1) is 8.56. The number of aliphatic hydroxyl groups excluding tert-OH is 1. The molecular weight excluding hydrogens is 267 g/mol. The van der Waals surface area contributed by atoms with Crippen LogP contribution in [0, 0.1) is 5.92 Å². The van der Waals surface area contributed by atoms with Gasteiger partial charge in [-0.3, -0.25) is 0 Å². The molecule has 0 spiro atoms. The first-order valence-corrected chi connectivity index (χ1v) is 7.46. The van der Waals surface area contributed by atoms with Crippen molar-refractivity contribution >= 4 is 23.2 Å². The van der Waals surface area contributed by atoms with Crippen LogP contribution in [0.15, 0.2) is 18.2 Å². The Kier molecular flexibility index (Phi) is 7.06. The smallest absolute Gasteiger partial charge is 0.0793 e. The highest BCUT2D eigenvalue weighted by atomic mass is 35.5. The summed E-state index contributed by atoms with van der Waals surface area (Å²) in [5.74, 6) is 0.567. The third kappa shape index (κ3) is 5.17. The number of unbranched alkanes of at least 4 members (excludes halogenated alkanes) is 1. The van der Waals surface area contributed by atoms with E-state index in [0.717, 1.165) is 18.4 Å². The Morgan fingerprint density at radius 2 is 1.72 bits per heavy atom. The molecule has 0 aliphatic rings. The fourth-order valence-corrected chi connectivity index (χ4v) is 2.74. The number of hydrogen-bond donors (Lipinski definition) is 1. The highest BCUT2D eigenvalue weighted by molar-refractivity contribution is 6.34. The van der Waals surface area contributed by atoms with Crippen molar-refractivity contribution in [1.29, 1.82) is 0 Å². The van der Waals surface area contributed by atoms with Gasteiger partial charge in [0.05, 0.1) is 6.10 Å². The Morgan fingerprint density at radius 1 is 1.11 bits per heavy atom. The van der Waals surface area contributed by atoms with E-state index in [1.54, 1.807) is 18.2 Å². The van der Waals surface area contributed by atoms with Crippen LogP contribution in [0.1, 0.15) is 57.6 Å². The van der Waals surface area contributed by atoms with Gasteiger partial charge in [0.15, 0.2) is 0 Å². The zero-order valence-electron chi connectivity index (χ0n) is 11.1. The van der Waals surface area contributed by atoms with E-state index >= 15 is 0 Å². The molecule has 1 rings (SSSR count). The molecule has 0 aromatic heterocycles. The summed E-state index contributed by atoms with van der Waals surface area (Å²) in [6, 6.07) is 5.28. The van der Waals surface area contributed by atoms with Crippen molar-refractivity contribution in [3.8, 4) is 0 Å². The molecule has 0 heterocycles. The van der Waals surface area contributed by atoms with E-state index < -0.39 is 6.10 Å². The van der Waals surface area contributed by atoms with Crippen molar-refractivity contribution in [3.05, 3.63) is 33.8 Å². The van der Waals surface area contributed by atoms with Gasteiger partial charge in [0.1, 0.15) is 0 Å². The van der Waals surface area contributed by atoms with E-state index in [4.69, 9.17) is 23.2 Å². The van der Waals surface area contributed by atoms with E-state index in [-0.39, 0.29) is 0 Å². The predicted octanol–water partition coefficient (Wildman–Crippen LogP) is 5.63. The number of hydrogen-bond acceptors (Lipinski definition) is 1. The number of benzene rings is 1. The second-order valence-corrected chi connectivity index (χ2v) is 5.74. The van der Waals surface area contributed by atoms with Crippen LogP contribution in [0.5, 0.6) is 0 Å². The lowest BCUT2D eigenvalue weighted by molar-refractivity contribution is 0.139. The number of rotatable bonds is 7. The molecule has 0 radical (unpaired) electrons. The monoisotopic (exact) mass is 288 g/mol. The van der Waals surface area contributed by atoms with Crippen LogP contribution >= 0.6 is 23.2 Å². The maximum Gasteiger partial charge on any atom is 0.0793 e. The maximum atomic E-state index is 10.3. The van der Waals surface area contributed by atoms with E-state index in [1.165, 1.54) is 19.3 Å². The Labute approximate surface area is 120 Å². The summed E-state index contributed by atoms with van der Waals surface area (Å²) in [5, 5.41) is 11.4. The van der Waals surface area contributed by atoms with Crippen LogP contribution in [0.3, 0.4) is 0 Å². The van der Waals surface area contributed by atoms with Crippen LogP contribution in [-0.2, 0) is 0 Å². The Bertz CT molecular complexity index is 345. The van der Waals surface area contributed by atoms with Gasteiger partial charge in [0.25, 0.3) is 0 Å². The van der Waals surface area contributed by atoms with Crippen molar-refractivity contribution in [2.75, 3.05) is 0 Å². The molecule has 0 aliphatic heterocycles. The van der Waals surface area contributed by atoms with Gasteiger partial charge in [-0.15, -0.1) is 0 Å². The van der Waals surface area contributed by atoms with Gasteiger partial charge < -0.3 is 5.11 Å². The summed E-state index contributed by atoms with van der Waals surface area (Å²) >= 11 is 11.9. The molecule has 0 fully saturated rings. The minimum atomic E-state index is -0.469. The zero-order valence-corrected chi connectivity index (χ0v) is 12.6. The molecule has 0 amide bonds. The molecular formula is C15H22Cl2O. The van der Waals surface area contributed by atoms with Crippen molar-refractivity contribution < 1.29 is 5.11 Å². The Balaban J connectivity index is 2.65. The summed E-state index contributed by atoms with van der Waals surface area (Å²) in [6.07, 6.45) is 5.02. The molecule has 0 bridgehead atoms. The number of aliphatic hydroxyl groups is 1. The normalized spacial score (nSPS) is 14.5. The molecule has 2 unspecified atom stereocenters. The zero-order chi connectivity index (χ0) is 13.5. The fraction of sp³-hybridized carbons (Fsp3) is 0.600. The van der Waals surface area contributed by atoms with Crippen molar-refractivity contribution in [1.82, 2.24) is 0 Å². The van der Waals surface area contributed by atoms with E-state index in [1.807, 2.05) is 0 Å². The predicted molar refractivity (Wildman–Crippen MR) is 79.3 cm³/mol. The Hall–Kier alpha value is -0.240. The largest absolute Gasteiger partial charge is 0.388 e. The molecule has 1 aromatic rings. The van der Waals surface area contributed by atoms with Gasteiger partial charge in [-0.1, -0.05) is 62.7 Å². The molecule has 102 valence electrons. The highest BCUT2D eigenvalue weighted by Gasteiger charge is 2.15. The maximum absolute atomic E-state index is 10.3. The lowest BCUT2D eigenvalue weighted by atomic mass is 9.91. The molecule has 3 heteroatoms. The molecule has 2 atom stereocenters. The molecule has 0 saturated heterocycles. The van der Waals surface area contributed by atoms with Gasteiger partial charge in [-0.25, -0.2) is 0 Å². The first-order valence-electron chi connectivity index (χ1n) is 6.70. The van der Waals surface area contributed by atoms with Gasteiger partial charge in [0.2, 0.25) is 0 Å². The molecule has 18 heavy (non-hydrogen) atoms. The minimum Gasteiger partial charge on any atom is -0.388 e. The second-order valence-electron chi connectivity index (χ2n) is 4.87. The third-order valence-electron chi connectivity index (χ3n) is 3.37. The highest BCUT2D eigenvalue weighted by Crippen LogP contribution is 2.30. The van der Waals surface area contributed by atoms with Crippen LogP contribution < -0.4 is 0 Å². The van der Waals surface area contributed by atoms with Crippen molar-refractivity contribution in [3.63, 3.8) is 0 Å². The second kappa shape index (κ2) is 8.04. The standard InChI is InChI=1S/C15H22Cl2O/c1-3-5-6-11(4-2)7-15(18)12-8-13(16)10-14(17)9-12/h8-11,15,18H,3-7H2,1-2H3. The summed E-state index contributed by atoms with van der Waals surface area (Å²) in [5.41, 5.74) is 0.822. The minimum absolute atomic E-state index is 0.469. The summed E-state index contributed by atoms with van der Waals surface area (Å²) in [6.45, 7) is 4.37. The Morgan fingerprint density at radius 3 is 2.22 bits per heavy atom. The van der Waals surface area contributed by atoms with E-state index in [9.17, 15) is 5.11 Å². The molecule has 0 saturated carbocycles.